The van der Waals surface area contributed by atoms with Gasteiger partial charge in [-0.1, -0.05) is 0 Å². The van der Waals surface area contributed by atoms with Crippen molar-refractivity contribution >= 4 is 22.8 Å². The average molecular weight is 396 g/mol. The summed E-state index contributed by atoms with van der Waals surface area (Å²) in [7, 11) is 0. The van der Waals surface area contributed by atoms with E-state index in [0.29, 0.717) is 24.2 Å². The van der Waals surface area contributed by atoms with E-state index in [0.717, 1.165) is 36.9 Å². The largest absolute Gasteiger partial charge is 0.478 e. The van der Waals surface area contributed by atoms with Gasteiger partial charge >= 0.3 is 11.9 Å². The number of aliphatic carboxylic acids is 2. The molecule has 4 N–H and O–H groups in total. The maximum Gasteiger partial charge on any atom is 0.328 e. The van der Waals surface area contributed by atoms with E-state index in [2.05, 4.69) is 9.88 Å². The van der Waals surface area contributed by atoms with E-state index in [9.17, 15) is 23.5 Å². The summed E-state index contributed by atoms with van der Waals surface area (Å²) >= 11 is 0. The Morgan fingerprint density at radius 3 is 2.36 bits per heavy atom. The van der Waals surface area contributed by atoms with Crippen molar-refractivity contribution in [2.75, 3.05) is 19.6 Å². The van der Waals surface area contributed by atoms with Crippen molar-refractivity contribution in [2.45, 2.75) is 25.4 Å². The van der Waals surface area contributed by atoms with Gasteiger partial charge in [0.05, 0.1) is 5.60 Å². The summed E-state index contributed by atoms with van der Waals surface area (Å²) in [5.41, 5.74) is 0.993. The first kappa shape index (κ1) is 21.5. The molecule has 3 rings (SSSR count). The fourth-order valence-electron chi connectivity index (χ4n) is 3.03. The minimum Gasteiger partial charge on any atom is -0.478 e. The molecule has 1 fully saturated rings. The van der Waals surface area contributed by atoms with Gasteiger partial charge in [0.25, 0.3) is 0 Å². The molecule has 1 unspecified atom stereocenters. The number of nitrogens with zero attached hydrogens (tertiary/aromatic N) is 1. The van der Waals surface area contributed by atoms with Crippen molar-refractivity contribution in [2.24, 2.45) is 0 Å². The van der Waals surface area contributed by atoms with Crippen LogP contribution in [-0.2, 0) is 16.0 Å². The van der Waals surface area contributed by atoms with E-state index < -0.39 is 29.2 Å². The highest BCUT2D eigenvalue weighted by atomic mass is 19.2. The number of H-pyrrole nitrogens is 1. The standard InChI is InChI=1S/C15H18F2N2O.C4H4O4/c1-15(20)3-5-19(9-15)4-2-10-8-18-14-7-13(17)12(16)6-11(10)14;5-3(6)1-2-4(7)8/h6-8,18,20H,2-5,9H2,1H3;1-2H,(H,5,6)(H,7,8)/b;2-1+. The molecule has 1 aromatic heterocycles. The zero-order valence-corrected chi connectivity index (χ0v) is 15.3. The first-order chi connectivity index (χ1) is 13.1. The van der Waals surface area contributed by atoms with Crippen LogP contribution in [0.15, 0.2) is 30.5 Å². The molecule has 2 heterocycles. The van der Waals surface area contributed by atoms with Crippen molar-refractivity contribution in [1.82, 2.24) is 9.88 Å². The lowest BCUT2D eigenvalue weighted by Gasteiger charge is -2.18. The summed E-state index contributed by atoms with van der Waals surface area (Å²) in [5.74, 6) is -4.16. The van der Waals surface area contributed by atoms with Crippen LogP contribution in [0.4, 0.5) is 8.78 Å². The number of likely N-dealkylation sites (tertiary alicyclic amines) is 1. The SMILES string of the molecule is CC1(O)CCN(CCc2c[nH]c3cc(F)c(F)cc23)C1.O=C(O)/C=C/C(=O)O. The predicted octanol–water partition coefficient (Wildman–Crippen LogP) is 2.16. The number of carboxylic acids is 2. The maximum atomic E-state index is 13.3. The van der Waals surface area contributed by atoms with Crippen LogP contribution in [0.2, 0.25) is 0 Å². The molecule has 152 valence electrons. The molecule has 0 amide bonds. The fourth-order valence-corrected chi connectivity index (χ4v) is 3.03. The number of aromatic nitrogens is 1. The first-order valence-electron chi connectivity index (χ1n) is 8.61. The van der Waals surface area contributed by atoms with Crippen LogP contribution in [-0.4, -0.2) is 62.4 Å². The minimum atomic E-state index is -1.26. The van der Waals surface area contributed by atoms with E-state index in [4.69, 9.17) is 10.2 Å². The van der Waals surface area contributed by atoms with Gasteiger partial charge in [-0.15, -0.1) is 0 Å². The molecule has 0 aliphatic carbocycles. The Morgan fingerprint density at radius 2 is 1.82 bits per heavy atom. The molecule has 1 aliphatic rings. The molecule has 28 heavy (non-hydrogen) atoms. The third-order valence-corrected chi connectivity index (χ3v) is 4.41. The maximum absolute atomic E-state index is 13.3. The number of halogens is 2. The second-order valence-electron chi connectivity index (χ2n) is 6.91. The summed E-state index contributed by atoms with van der Waals surface area (Å²) in [5, 5.41) is 26.3. The van der Waals surface area contributed by atoms with Crippen molar-refractivity contribution in [1.29, 1.82) is 0 Å². The zero-order valence-electron chi connectivity index (χ0n) is 15.3. The first-order valence-corrected chi connectivity index (χ1v) is 8.61. The van der Waals surface area contributed by atoms with Crippen molar-refractivity contribution in [3.63, 3.8) is 0 Å². The normalized spacial score (nSPS) is 19.7. The molecule has 7 nitrogen and oxygen atoms in total. The number of hydrogen-bond acceptors (Lipinski definition) is 4. The molecule has 0 radical (unpaired) electrons. The van der Waals surface area contributed by atoms with Crippen LogP contribution < -0.4 is 0 Å². The quantitative estimate of drug-likeness (QED) is 0.576. The summed E-state index contributed by atoms with van der Waals surface area (Å²) in [6.45, 7) is 4.19. The Balaban J connectivity index is 0.000000300. The van der Waals surface area contributed by atoms with Gasteiger partial charge in [0, 0.05) is 55.0 Å². The Bertz CT molecular complexity index is 876. The number of carbonyl (C=O) groups is 2. The molecule has 0 bridgehead atoms. The van der Waals surface area contributed by atoms with E-state index in [1.54, 1.807) is 6.20 Å². The Morgan fingerprint density at radius 1 is 1.21 bits per heavy atom. The second-order valence-corrected chi connectivity index (χ2v) is 6.91. The summed E-state index contributed by atoms with van der Waals surface area (Å²) in [6, 6.07) is 2.44. The number of aromatic amines is 1. The molecular formula is C19H22F2N2O5. The highest BCUT2D eigenvalue weighted by Gasteiger charge is 2.30. The van der Waals surface area contributed by atoms with Crippen molar-refractivity contribution in [3.05, 3.63) is 47.7 Å². The van der Waals surface area contributed by atoms with E-state index in [1.807, 2.05) is 6.92 Å². The van der Waals surface area contributed by atoms with Gasteiger partial charge in [-0.2, -0.15) is 0 Å². The summed E-state index contributed by atoms with van der Waals surface area (Å²) in [4.78, 5) is 24.3. The van der Waals surface area contributed by atoms with Gasteiger partial charge in [0.1, 0.15) is 0 Å². The van der Waals surface area contributed by atoms with Crippen LogP contribution in [0.5, 0.6) is 0 Å². The molecule has 1 saturated heterocycles. The molecule has 2 aromatic rings. The smallest absolute Gasteiger partial charge is 0.328 e. The Kier molecular flexibility index (Phi) is 6.87. The van der Waals surface area contributed by atoms with Crippen LogP contribution in [0.25, 0.3) is 10.9 Å². The van der Waals surface area contributed by atoms with Gasteiger partial charge in [-0.25, -0.2) is 18.4 Å². The number of nitrogens with one attached hydrogen (secondary N) is 1. The number of carboxylic acid groups (broad SMARTS) is 2. The molecular weight excluding hydrogens is 374 g/mol. The van der Waals surface area contributed by atoms with Gasteiger partial charge < -0.3 is 25.2 Å². The second kappa shape index (κ2) is 8.94. The van der Waals surface area contributed by atoms with Gasteiger partial charge in [0.15, 0.2) is 11.6 Å². The fraction of sp³-hybridized carbons (Fsp3) is 0.368. The molecule has 1 atom stereocenters. The Labute approximate surface area is 159 Å². The lowest BCUT2D eigenvalue weighted by atomic mass is 10.1. The third kappa shape index (κ3) is 6.14. The van der Waals surface area contributed by atoms with Crippen LogP contribution in [0.1, 0.15) is 18.9 Å². The highest BCUT2D eigenvalue weighted by molar-refractivity contribution is 5.89. The molecule has 1 aromatic carbocycles. The van der Waals surface area contributed by atoms with Gasteiger partial charge in [0.2, 0.25) is 0 Å². The number of benzene rings is 1. The average Bonchev–Trinajstić information content (AvgIpc) is 3.14. The van der Waals surface area contributed by atoms with E-state index in [1.165, 1.54) is 12.1 Å². The van der Waals surface area contributed by atoms with Crippen LogP contribution in [0.3, 0.4) is 0 Å². The number of β-amino-alcohol motifs (C(OH)–C–C–N with tert-alkyl or cyclic N) is 1. The van der Waals surface area contributed by atoms with Gasteiger partial charge in [-0.05, 0) is 31.4 Å². The zero-order chi connectivity index (χ0) is 20.9. The van der Waals surface area contributed by atoms with Crippen LogP contribution in [0, 0.1) is 11.6 Å². The van der Waals surface area contributed by atoms with Gasteiger partial charge in [-0.3, -0.25) is 0 Å². The predicted molar refractivity (Wildman–Crippen MR) is 98.0 cm³/mol. The number of rotatable bonds is 5. The summed E-state index contributed by atoms with van der Waals surface area (Å²) < 4.78 is 26.5. The highest BCUT2D eigenvalue weighted by Crippen LogP contribution is 2.24. The van der Waals surface area contributed by atoms with Crippen LogP contribution >= 0.6 is 0 Å². The number of aliphatic hydroxyl groups is 1. The van der Waals surface area contributed by atoms with Crippen molar-refractivity contribution < 1.29 is 33.7 Å². The molecule has 1 aliphatic heterocycles. The lowest BCUT2D eigenvalue weighted by molar-refractivity contribution is -0.134. The van der Waals surface area contributed by atoms with E-state index >= 15 is 0 Å². The number of hydrogen-bond donors (Lipinski definition) is 4. The number of fused-ring (bicyclic) bond motifs is 1. The van der Waals surface area contributed by atoms with E-state index in [-0.39, 0.29) is 0 Å². The third-order valence-electron chi connectivity index (χ3n) is 4.41. The monoisotopic (exact) mass is 396 g/mol. The topological polar surface area (TPSA) is 114 Å². The molecule has 9 heteroatoms. The summed E-state index contributed by atoms with van der Waals surface area (Å²) in [6.07, 6.45) is 4.45. The molecule has 0 saturated carbocycles. The minimum absolute atomic E-state index is 0.558. The Hall–Kier alpha value is -2.78. The molecule has 0 spiro atoms. The lowest BCUT2D eigenvalue weighted by Crippen LogP contribution is -2.30. The van der Waals surface area contributed by atoms with Crippen molar-refractivity contribution in [3.8, 4) is 0 Å².